The number of fused-ring (bicyclic) bond motifs is 1. The van der Waals surface area contributed by atoms with Crippen LogP contribution < -0.4 is 0 Å². The Balaban J connectivity index is 2.45. The molecule has 2 aromatic rings. The summed E-state index contributed by atoms with van der Waals surface area (Å²) in [6.07, 6.45) is 0.896. The van der Waals surface area contributed by atoms with Gasteiger partial charge in [0.1, 0.15) is 0 Å². The van der Waals surface area contributed by atoms with E-state index in [9.17, 15) is 4.79 Å². The number of halogens is 1. The molecule has 0 amide bonds. The maximum Gasteiger partial charge on any atom is 0.337 e. The summed E-state index contributed by atoms with van der Waals surface area (Å²) in [5.74, 6) is -0.315. The van der Waals surface area contributed by atoms with Gasteiger partial charge in [0.05, 0.1) is 18.1 Å². The lowest BCUT2D eigenvalue weighted by Gasteiger charge is -2.08. The van der Waals surface area contributed by atoms with E-state index in [0.717, 1.165) is 22.8 Å². The number of ether oxygens (including phenoxy) is 1. The highest BCUT2D eigenvalue weighted by Crippen LogP contribution is 2.27. The fraction of sp³-hybridized carbons (Fsp3) is 0.267. The van der Waals surface area contributed by atoms with Crippen LogP contribution in [0.4, 0.5) is 0 Å². The van der Waals surface area contributed by atoms with Crippen LogP contribution in [0.2, 0.25) is 0 Å². The molecule has 0 radical (unpaired) electrons. The molecule has 0 saturated carbocycles. The minimum atomic E-state index is -0.315. The predicted octanol–water partition coefficient (Wildman–Crippen LogP) is 4.32. The van der Waals surface area contributed by atoms with Crippen LogP contribution in [0, 0.1) is 0 Å². The standard InChI is InChI=1S/C15H15ClO2/c1-3-14(16)12-6-4-11-9-13(15(17)18-2)7-5-10(11)8-12/h4-9,14H,3H2,1-2H3. The van der Waals surface area contributed by atoms with E-state index in [1.54, 1.807) is 6.07 Å². The van der Waals surface area contributed by atoms with E-state index < -0.39 is 0 Å². The first kappa shape index (κ1) is 12.9. The van der Waals surface area contributed by atoms with Crippen LogP contribution in [0.5, 0.6) is 0 Å². The minimum absolute atomic E-state index is 0.0367. The van der Waals surface area contributed by atoms with Crippen molar-refractivity contribution in [2.45, 2.75) is 18.7 Å². The lowest BCUT2D eigenvalue weighted by molar-refractivity contribution is 0.0601. The van der Waals surface area contributed by atoms with Crippen molar-refractivity contribution < 1.29 is 9.53 Å². The monoisotopic (exact) mass is 262 g/mol. The van der Waals surface area contributed by atoms with Gasteiger partial charge in [-0.3, -0.25) is 0 Å². The van der Waals surface area contributed by atoms with Gasteiger partial charge in [-0.1, -0.05) is 25.1 Å². The van der Waals surface area contributed by atoms with E-state index in [0.29, 0.717) is 5.56 Å². The number of hydrogen-bond donors (Lipinski definition) is 0. The minimum Gasteiger partial charge on any atom is -0.465 e. The molecule has 0 aromatic heterocycles. The number of carbonyl (C=O) groups is 1. The van der Waals surface area contributed by atoms with Gasteiger partial charge in [0.25, 0.3) is 0 Å². The number of esters is 1. The van der Waals surface area contributed by atoms with Crippen LogP contribution in [0.3, 0.4) is 0 Å². The molecule has 3 heteroatoms. The first-order valence-corrected chi connectivity index (χ1v) is 6.35. The van der Waals surface area contributed by atoms with Crippen molar-refractivity contribution in [1.29, 1.82) is 0 Å². The SMILES string of the molecule is CCC(Cl)c1ccc2cc(C(=O)OC)ccc2c1. The normalized spacial score (nSPS) is 12.4. The molecular formula is C15H15ClO2. The van der Waals surface area contributed by atoms with Crippen molar-refractivity contribution >= 4 is 28.3 Å². The Hall–Kier alpha value is -1.54. The quantitative estimate of drug-likeness (QED) is 0.608. The Labute approximate surface area is 112 Å². The lowest BCUT2D eigenvalue weighted by atomic mass is 10.0. The molecule has 0 spiro atoms. The van der Waals surface area contributed by atoms with Crippen LogP contribution in [-0.4, -0.2) is 13.1 Å². The fourth-order valence-electron chi connectivity index (χ4n) is 1.94. The van der Waals surface area contributed by atoms with Gasteiger partial charge in [-0.2, -0.15) is 0 Å². The second-order valence-electron chi connectivity index (χ2n) is 4.19. The zero-order valence-corrected chi connectivity index (χ0v) is 11.2. The van der Waals surface area contributed by atoms with Crippen LogP contribution in [-0.2, 0) is 4.74 Å². The number of alkyl halides is 1. The highest BCUT2D eigenvalue weighted by molar-refractivity contribution is 6.20. The summed E-state index contributed by atoms with van der Waals surface area (Å²) < 4.78 is 4.70. The third-order valence-corrected chi connectivity index (χ3v) is 3.57. The third-order valence-electron chi connectivity index (χ3n) is 3.01. The van der Waals surface area contributed by atoms with Gasteiger partial charge in [-0.15, -0.1) is 11.6 Å². The smallest absolute Gasteiger partial charge is 0.337 e. The summed E-state index contributed by atoms with van der Waals surface area (Å²) in [6, 6.07) is 11.6. The molecule has 0 aliphatic carbocycles. The highest BCUT2D eigenvalue weighted by Gasteiger charge is 2.08. The van der Waals surface area contributed by atoms with E-state index in [1.807, 2.05) is 24.3 Å². The molecule has 0 bridgehead atoms. The van der Waals surface area contributed by atoms with Crippen molar-refractivity contribution in [3.05, 3.63) is 47.5 Å². The summed E-state index contributed by atoms with van der Waals surface area (Å²) in [7, 11) is 1.38. The third kappa shape index (κ3) is 2.49. The number of rotatable bonds is 3. The lowest BCUT2D eigenvalue weighted by Crippen LogP contribution is -2.00. The first-order valence-electron chi connectivity index (χ1n) is 5.91. The predicted molar refractivity (Wildman–Crippen MR) is 74.2 cm³/mol. The molecule has 2 rings (SSSR count). The van der Waals surface area contributed by atoms with Gasteiger partial charge in [0.15, 0.2) is 0 Å². The molecule has 1 unspecified atom stereocenters. The number of benzene rings is 2. The molecule has 0 aliphatic heterocycles. The largest absolute Gasteiger partial charge is 0.465 e. The van der Waals surface area contributed by atoms with E-state index in [-0.39, 0.29) is 11.3 Å². The molecular weight excluding hydrogens is 248 g/mol. The van der Waals surface area contributed by atoms with Crippen molar-refractivity contribution in [2.75, 3.05) is 7.11 Å². The molecule has 0 N–H and O–H groups in total. The van der Waals surface area contributed by atoms with Crippen LogP contribution in [0.15, 0.2) is 36.4 Å². The summed E-state index contributed by atoms with van der Waals surface area (Å²) in [5, 5.41) is 2.13. The molecule has 0 fully saturated rings. The maximum absolute atomic E-state index is 11.4. The number of carbonyl (C=O) groups excluding carboxylic acids is 1. The second-order valence-corrected chi connectivity index (χ2v) is 4.72. The summed E-state index contributed by atoms with van der Waals surface area (Å²) >= 11 is 6.22. The summed E-state index contributed by atoms with van der Waals surface area (Å²) in [6.45, 7) is 2.06. The molecule has 2 aromatic carbocycles. The van der Waals surface area contributed by atoms with E-state index >= 15 is 0 Å². The number of methoxy groups -OCH3 is 1. The summed E-state index contributed by atoms with van der Waals surface area (Å²) in [5.41, 5.74) is 1.67. The van der Waals surface area contributed by atoms with Gasteiger partial charge in [-0.25, -0.2) is 4.79 Å². The highest BCUT2D eigenvalue weighted by atomic mass is 35.5. The first-order chi connectivity index (χ1) is 8.65. The Morgan fingerprint density at radius 3 is 2.56 bits per heavy atom. The molecule has 94 valence electrons. The zero-order chi connectivity index (χ0) is 13.1. The van der Waals surface area contributed by atoms with E-state index in [4.69, 9.17) is 16.3 Å². The fourth-order valence-corrected chi connectivity index (χ4v) is 2.08. The van der Waals surface area contributed by atoms with Gasteiger partial charge in [0.2, 0.25) is 0 Å². The van der Waals surface area contributed by atoms with Gasteiger partial charge in [0, 0.05) is 0 Å². The van der Waals surface area contributed by atoms with E-state index in [2.05, 4.69) is 13.0 Å². The Bertz CT molecular complexity index is 578. The maximum atomic E-state index is 11.4. The van der Waals surface area contributed by atoms with Gasteiger partial charge in [-0.05, 0) is 41.0 Å². The molecule has 2 nitrogen and oxygen atoms in total. The van der Waals surface area contributed by atoms with Gasteiger partial charge < -0.3 is 4.74 Å². The molecule has 18 heavy (non-hydrogen) atoms. The van der Waals surface area contributed by atoms with Crippen molar-refractivity contribution in [1.82, 2.24) is 0 Å². The Kier molecular flexibility index (Phi) is 3.87. The Morgan fingerprint density at radius 1 is 1.22 bits per heavy atom. The van der Waals surface area contributed by atoms with Crippen molar-refractivity contribution in [2.24, 2.45) is 0 Å². The Morgan fingerprint density at radius 2 is 1.89 bits per heavy atom. The average molecular weight is 263 g/mol. The molecule has 0 heterocycles. The molecule has 0 aliphatic rings. The second kappa shape index (κ2) is 5.40. The van der Waals surface area contributed by atoms with E-state index in [1.165, 1.54) is 7.11 Å². The topological polar surface area (TPSA) is 26.3 Å². The van der Waals surface area contributed by atoms with Crippen LogP contribution >= 0.6 is 11.6 Å². The van der Waals surface area contributed by atoms with Crippen molar-refractivity contribution in [3.8, 4) is 0 Å². The summed E-state index contributed by atoms with van der Waals surface area (Å²) in [4.78, 5) is 11.4. The number of hydrogen-bond acceptors (Lipinski definition) is 2. The van der Waals surface area contributed by atoms with Crippen LogP contribution in [0.25, 0.3) is 10.8 Å². The molecule has 1 atom stereocenters. The van der Waals surface area contributed by atoms with Gasteiger partial charge >= 0.3 is 5.97 Å². The molecule has 0 saturated heterocycles. The average Bonchev–Trinajstić information content (AvgIpc) is 2.44. The van der Waals surface area contributed by atoms with Crippen molar-refractivity contribution in [3.63, 3.8) is 0 Å². The zero-order valence-electron chi connectivity index (χ0n) is 10.4. The van der Waals surface area contributed by atoms with Crippen LogP contribution in [0.1, 0.15) is 34.6 Å².